The molecule has 114 valence electrons. The minimum atomic E-state index is -0.200. The molecule has 0 heterocycles. The van der Waals surface area contributed by atoms with E-state index in [2.05, 4.69) is 37.2 Å². The van der Waals surface area contributed by atoms with Crippen molar-refractivity contribution < 1.29 is 9.53 Å². The monoisotopic (exact) mass is 423 g/mol. The number of nitrogens with one attached hydrogen (secondary N) is 1. The summed E-state index contributed by atoms with van der Waals surface area (Å²) in [6.45, 7) is 2.50. The predicted molar refractivity (Wildman–Crippen MR) is 97.1 cm³/mol. The van der Waals surface area contributed by atoms with Crippen molar-refractivity contribution >= 4 is 49.5 Å². The van der Waals surface area contributed by atoms with Crippen LogP contribution in [0, 0.1) is 0 Å². The van der Waals surface area contributed by atoms with Gasteiger partial charge in [0, 0.05) is 20.6 Å². The van der Waals surface area contributed by atoms with E-state index in [1.807, 2.05) is 49.4 Å². The fourth-order valence-electron chi connectivity index (χ4n) is 1.84. The van der Waals surface area contributed by atoms with Crippen LogP contribution in [0.3, 0.4) is 0 Å². The standard InChI is InChI=1S/C17H15Br2NO2/c1-2-22-16-9-8-13(18)11-12(16)7-10-17(21)20-15-6-4-3-5-14(15)19/h3-11H,2H2,1H3,(H,20,21)/b10-7+. The number of hydrogen-bond donors (Lipinski definition) is 1. The number of benzene rings is 2. The van der Waals surface area contributed by atoms with E-state index in [9.17, 15) is 4.79 Å². The second kappa shape index (κ2) is 8.15. The van der Waals surface area contributed by atoms with Gasteiger partial charge in [-0.1, -0.05) is 28.1 Å². The molecule has 0 bridgehead atoms. The van der Waals surface area contributed by atoms with Gasteiger partial charge < -0.3 is 10.1 Å². The molecule has 3 nitrogen and oxygen atoms in total. The van der Waals surface area contributed by atoms with Gasteiger partial charge in [-0.2, -0.15) is 0 Å². The maximum Gasteiger partial charge on any atom is 0.248 e. The van der Waals surface area contributed by atoms with Gasteiger partial charge in [0.05, 0.1) is 12.3 Å². The molecule has 0 aliphatic carbocycles. The van der Waals surface area contributed by atoms with Gasteiger partial charge in [0.15, 0.2) is 0 Å². The Labute approximate surface area is 146 Å². The van der Waals surface area contributed by atoms with Crippen molar-refractivity contribution in [2.75, 3.05) is 11.9 Å². The molecule has 0 fully saturated rings. The zero-order valence-electron chi connectivity index (χ0n) is 12.0. The average Bonchev–Trinajstić information content (AvgIpc) is 2.50. The lowest BCUT2D eigenvalue weighted by molar-refractivity contribution is -0.111. The van der Waals surface area contributed by atoms with E-state index in [0.717, 1.165) is 25.9 Å². The van der Waals surface area contributed by atoms with Crippen LogP contribution in [0.25, 0.3) is 6.08 Å². The first kappa shape index (κ1) is 16.8. The minimum Gasteiger partial charge on any atom is -0.493 e. The van der Waals surface area contributed by atoms with Crippen LogP contribution >= 0.6 is 31.9 Å². The number of halogens is 2. The third-order valence-corrected chi connectivity index (χ3v) is 4.00. The molecule has 2 aromatic rings. The van der Waals surface area contributed by atoms with Crippen molar-refractivity contribution in [2.24, 2.45) is 0 Å². The number of amides is 1. The SMILES string of the molecule is CCOc1ccc(Br)cc1/C=C/C(=O)Nc1ccccc1Br. The minimum absolute atomic E-state index is 0.200. The van der Waals surface area contributed by atoms with E-state index in [-0.39, 0.29) is 5.91 Å². The zero-order valence-corrected chi connectivity index (χ0v) is 15.1. The van der Waals surface area contributed by atoms with Crippen molar-refractivity contribution in [1.82, 2.24) is 0 Å². The Morgan fingerprint density at radius 3 is 2.73 bits per heavy atom. The Kier molecular flexibility index (Phi) is 6.21. The maximum atomic E-state index is 12.0. The third-order valence-electron chi connectivity index (χ3n) is 2.82. The highest BCUT2D eigenvalue weighted by atomic mass is 79.9. The summed E-state index contributed by atoms with van der Waals surface area (Å²) >= 11 is 6.82. The molecule has 0 saturated heterocycles. The summed E-state index contributed by atoms with van der Waals surface area (Å²) in [7, 11) is 0. The molecule has 5 heteroatoms. The van der Waals surface area contributed by atoms with Crippen LogP contribution in [0.5, 0.6) is 5.75 Å². The van der Waals surface area contributed by atoms with E-state index >= 15 is 0 Å². The normalized spacial score (nSPS) is 10.7. The first-order chi connectivity index (χ1) is 10.6. The summed E-state index contributed by atoms with van der Waals surface area (Å²) in [5.41, 5.74) is 1.58. The van der Waals surface area contributed by atoms with Crippen LogP contribution in [0.1, 0.15) is 12.5 Å². The number of carbonyl (C=O) groups is 1. The Morgan fingerprint density at radius 2 is 2.00 bits per heavy atom. The molecule has 0 aliphatic heterocycles. The van der Waals surface area contributed by atoms with E-state index < -0.39 is 0 Å². The van der Waals surface area contributed by atoms with Crippen molar-refractivity contribution in [3.8, 4) is 5.75 Å². The van der Waals surface area contributed by atoms with Crippen LogP contribution in [-0.2, 0) is 4.79 Å². The molecule has 0 unspecified atom stereocenters. The van der Waals surface area contributed by atoms with Crippen molar-refractivity contribution in [3.63, 3.8) is 0 Å². The molecule has 0 saturated carbocycles. The predicted octanol–water partition coefficient (Wildman–Crippen LogP) is 5.26. The maximum absolute atomic E-state index is 12.0. The molecular weight excluding hydrogens is 410 g/mol. The van der Waals surface area contributed by atoms with Crippen molar-refractivity contribution in [3.05, 3.63) is 63.0 Å². The number of rotatable bonds is 5. The van der Waals surface area contributed by atoms with Crippen molar-refractivity contribution in [2.45, 2.75) is 6.92 Å². The van der Waals surface area contributed by atoms with Crippen molar-refractivity contribution in [1.29, 1.82) is 0 Å². The van der Waals surface area contributed by atoms with Crippen LogP contribution in [0.15, 0.2) is 57.5 Å². The second-order valence-corrected chi connectivity index (χ2v) is 6.19. The van der Waals surface area contributed by atoms with Gasteiger partial charge in [-0.3, -0.25) is 4.79 Å². The summed E-state index contributed by atoms with van der Waals surface area (Å²) < 4.78 is 7.32. The summed E-state index contributed by atoms with van der Waals surface area (Å²) in [5.74, 6) is 0.546. The van der Waals surface area contributed by atoms with E-state index in [0.29, 0.717) is 6.61 Å². The molecule has 0 aromatic heterocycles. The molecule has 2 aromatic carbocycles. The Bertz CT molecular complexity index is 699. The van der Waals surface area contributed by atoms with Crippen LogP contribution in [0.4, 0.5) is 5.69 Å². The van der Waals surface area contributed by atoms with Gasteiger partial charge in [-0.15, -0.1) is 0 Å². The molecule has 0 aliphatic rings. The highest BCUT2D eigenvalue weighted by molar-refractivity contribution is 9.10. The quantitative estimate of drug-likeness (QED) is 0.664. The van der Waals surface area contributed by atoms with Gasteiger partial charge in [-0.05, 0) is 59.3 Å². The second-order valence-electron chi connectivity index (χ2n) is 4.42. The summed E-state index contributed by atoms with van der Waals surface area (Å²) in [6.07, 6.45) is 3.23. The molecule has 0 atom stereocenters. The molecule has 2 rings (SSSR count). The average molecular weight is 425 g/mol. The molecule has 0 spiro atoms. The zero-order chi connectivity index (χ0) is 15.9. The Morgan fingerprint density at radius 1 is 1.23 bits per heavy atom. The highest BCUT2D eigenvalue weighted by Gasteiger charge is 2.04. The summed E-state index contributed by atoms with van der Waals surface area (Å²) in [4.78, 5) is 12.0. The number of anilines is 1. The van der Waals surface area contributed by atoms with E-state index in [1.54, 1.807) is 6.08 Å². The highest BCUT2D eigenvalue weighted by Crippen LogP contribution is 2.25. The molecule has 1 amide bonds. The van der Waals surface area contributed by atoms with Crippen LogP contribution < -0.4 is 10.1 Å². The van der Waals surface area contributed by atoms with E-state index in [4.69, 9.17) is 4.74 Å². The lowest BCUT2D eigenvalue weighted by Gasteiger charge is -2.08. The van der Waals surface area contributed by atoms with E-state index in [1.165, 1.54) is 6.08 Å². The summed E-state index contributed by atoms with van der Waals surface area (Å²) in [5, 5.41) is 2.82. The Hall–Kier alpha value is -1.59. The van der Waals surface area contributed by atoms with Crippen LogP contribution in [0.2, 0.25) is 0 Å². The van der Waals surface area contributed by atoms with Gasteiger partial charge in [0.25, 0.3) is 0 Å². The number of hydrogen-bond acceptors (Lipinski definition) is 2. The molecule has 22 heavy (non-hydrogen) atoms. The summed E-state index contributed by atoms with van der Waals surface area (Å²) in [6, 6.07) is 13.2. The van der Waals surface area contributed by atoms with Gasteiger partial charge in [0.1, 0.15) is 5.75 Å². The first-order valence-corrected chi connectivity index (χ1v) is 8.34. The Balaban J connectivity index is 2.13. The number of ether oxygens (including phenoxy) is 1. The number of para-hydroxylation sites is 1. The van der Waals surface area contributed by atoms with Gasteiger partial charge in [-0.25, -0.2) is 0 Å². The third kappa shape index (κ3) is 4.71. The lowest BCUT2D eigenvalue weighted by Crippen LogP contribution is -2.08. The lowest BCUT2D eigenvalue weighted by atomic mass is 10.2. The first-order valence-electron chi connectivity index (χ1n) is 6.76. The van der Waals surface area contributed by atoms with Crippen LogP contribution in [-0.4, -0.2) is 12.5 Å². The molecular formula is C17H15Br2NO2. The topological polar surface area (TPSA) is 38.3 Å². The largest absolute Gasteiger partial charge is 0.493 e. The number of carbonyl (C=O) groups excluding carboxylic acids is 1. The smallest absolute Gasteiger partial charge is 0.248 e. The fraction of sp³-hybridized carbons (Fsp3) is 0.118. The molecule has 0 radical (unpaired) electrons. The fourth-order valence-corrected chi connectivity index (χ4v) is 2.60. The molecule has 1 N–H and O–H groups in total. The van der Waals surface area contributed by atoms with Gasteiger partial charge in [0.2, 0.25) is 5.91 Å². The van der Waals surface area contributed by atoms with Gasteiger partial charge >= 0.3 is 0 Å².